The van der Waals surface area contributed by atoms with E-state index in [-0.39, 0.29) is 6.04 Å². The molecule has 0 amide bonds. The Bertz CT molecular complexity index is 1590. The lowest BCUT2D eigenvalue weighted by atomic mass is 10.0. The van der Waals surface area contributed by atoms with Gasteiger partial charge in [-0.25, -0.2) is 4.98 Å². The van der Waals surface area contributed by atoms with Crippen molar-refractivity contribution < 1.29 is 4.84 Å². The molecule has 1 aliphatic heterocycles. The maximum Gasteiger partial charge on any atom is 0.0958 e. The highest BCUT2D eigenvalue weighted by atomic mass is 32.1. The Balaban J connectivity index is 1.44. The smallest absolute Gasteiger partial charge is 0.0958 e. The highest BCUT2D eigenvalue weighted by molar-refractivity contribution is 7.17. The normalized spacial score (nSPS) is 16.3. The molecule has 0 unspecified atom stereocenters. The summed E-state index contributed by atoms with van der Waals surface area (Å²) in [6.07, 6.45) is 12.1. The summed E-state index contributed by atoms with van der Waals surface area (Å²) in [7, 11) is 0. The van der Waals surface area contributed by atoms with Crippen molar-refractivity contribution in [2.45, 2.75) is 58.2 Å². The molecule has 0 saturated heterocycles. The lowest BCUT2D eigenvalue weighted by Crippen LogP contribution is -2.38. The number of terminal acetylenes is 1. The van der Waals surface area contributed by atoms with E-state index in [9.17, 15) is 0 Å². The van der Waals surface area contributed by atoms with E-state index in [0.717, 1.165) is 49.3 Å². The average Bonchev–Trinajstić information content (AvgIpc) is 3.41. The van der Waals surface area contributed by atoms with Crippen LogP contribution in [-0.2, 0) is 4.84 Å². The Morgan fingerprint density at radius 1 is 1.24 bits per heavy atom. The van der Waals surface area contributed by atoms with Crippen LogP contribution in [0, 0.1) is 19.3 Å². The Labute approximate surface area is 226 Å². The minimum Gasteiger partial charge on any atom is -0.373 e. The second kappa shape index (κ2) is 9.48. The molecule has 4 aromatic rings. The van der Waals surface area contributed by atoms with Crippen molar-refractivity contribution in [2.24, 2.45) is 0 Å². The van der Waals surface area contributed by atoms with Crippen molar-refractivity contribution in [1.82, 2.24) is 25.9 Å². The van der Waals surface area contributed by atoms with Gasteiger partial charge in [0.1, 0.15) is 0 Å². The number of hydrazine groups is 2. The molecule has 0 spiro atoms. The number of pyridine rings is 1. The zero-order valence-electron chi connectivity index (χ0n) is 21.9. The second-order valence-corrected chi connectivity index (χ2v) is 11.6. The first-order valence-corrected chi connectivity index (χ1v) is 13.6. The van der Waals surface area contributed by atoms with Gasteiger partial charge in [-0.15, -0.1) is 23.3 Å². The topological polar surface area (TPSA) is 86.4 Å². The number of anilines is 2. The number of nitrogens with zero attached hydrogens (tertiary/aromatic N) is 3. The first-order chi connectivity index (χ1) is 18.3. The summed E-state index contributed by atoms with van der Waals surface area (Å²) in [5, 5.41) is 6.86. The molecule has 9 heteroatoms. The molecule has 1 atom stereocenters. The van der Waals surface area contributed by atoms with Gasteiger partial charge in [-0.2, -0.15) is 0 Å². The van der Waals surface area contributed by atoms with Crippen LogP contribution in [0.1, 0.15) is 56.3 Å². The molecule has 38 heavy (non-hydrogen) atoms. The van der Waals surface area contributed by atoms with Crippen LogP contribution < -0.4 is 21.8 Å². The van der Waals surface area contributed by atoms with E-state index in [1.165, 1.54) is 12.8 Å². The number of nitrogens with one attached hydrogen (secondary N) is 4. The Morgan fingerprint density at radius 3 is 2.84 bits per heavy atom. The van der Waals surface area contributed by atoms with E-state index >= 15 is 0 Å². The van der Waals surface area contributed by atoms with Gasteiger partial charge >= 0.3 is 0 Å². The van der Waals surface area contributed by atoms with Crippen molar-refractivity contribution >= 4 is 43.8 Å². The summed E-state index contributed by atoms with van der Waals surface area (Å²) >= 11 is 1.65. The molecule has 0 bridgehead atoms. The Kier molecular flexibility index (Phi) is 6.11. The molecule has 1 aliphatic carbocycles. The average molecular weight is 526 g/mol. The molecule has 2 aliphatic rings. The van der Waals surface area contributed by atoms with Crippen LogP contribution in [0.3, 0.4) is 0 Å². The molecular formula is C29H31N7OS. The van der Waals surface area contributed by atoms with Crippen LogP contribution in [0.5, 0.6) is 0 Å². The lowest BCUT2D eigenvalue weighted by molar-refractivity contribution is 0.0377. The lowest BCUT2D eigenvalue weighted by Gasteiger charge is -2.24. The third kappa shape index (κ3) is 4.74. The third-order valence-corrected chi connectivity index (χ3v) is 7.54. The molecule has 2 aromatic heterocycles. The quantitative estimate of drug-likeness (QED) is 0.179. The SMILES string of the molecule is C#Cc1cnc2c(C)cc(N[C@H](C3=CN(C4CC4)NN3)c3cccc4ncsc34)cc2c1NOC(C)(C)C. The molecule has 1 saturated carbocycles. The molecule has 8 nitrogen and oxygen atoms in total. The van der Waals surface area contributed by atoms with Gasteiger partial charge in [-0.05, 0) is 69.9 Å². The predicted molar refractivity (Wildman–Crippen MR) is 154 cm³/mol. The molecule has 1 fully saturated rings. The monoisotopic (exact) mass is 525 g/mol. The number of benzene rings is 2. The molecule has 3 heterocycles. The minimum atomic E-state index is -0.397. The molecule has 2 aromatic carbocycles. The van der Waals surface area contributed by atoms with Crippen molar-refractivity contribution in [3.63, 3.8) is 0 Å². The maximum atomic E-state index is 5.92. The highest BCUT2D eigenvalue weighted by Crippen LogP contribution is 2.37. The summed E-state index contributed by atoms with van der Waals surface area (Å²) < 4.78 is 1.16. The van der Waals surface area contributed by atoms with Crippen molar-refractivity contribution in [3.05, 3.63) is 70.6 Å². The third-order valence-electron chi connectivity index (χ3n) is 6.64. The van der Waals surface area contributed by atoms with Gasteiger partial charge in [-0.1, -0.05) is 18.1 Å². The van der Waals surface area contributed by atoms with E-state index in [2.05, 4.69) is 86.1 Å². The summed E-state index contributed by atoms with van der Waals surface area (Å²) in [5.74, 6) is 2.75. The van der Waals surface area contributed by atoms with E-state index < -0.39 is 5.60 Å². The number of hydrogen-bond acceptors (Lipinski definition) is 9. The van der Waals surface area contributed by atoms with Crippen LogP contribution >= 0.6 is 11.3 Å². The highest BCUT2D eigenvalue weighted by Gasteiger charge is 2.33. The van der Waals surface area contributed by atoms with Crippen molar-refractivity contribution in [1.29, 1.82) is 0 Å². The van der Waals surface area contributed by atoms with Crippen LogP contribution in [0.4, 0.5) is 11.4 Å². The Morgan fingerprint density at radius 2 is 2.08 bits per heavy atom. The number of aryl methyl sites for hydroxylation is 1. The van der Waals surface area contributed by atoms with E-state index in [0.29, 0.717) is 11.6 Å². The fraction of sp³-hybridized carbons (Fsp3) is 0.310. The van der Waals surface area contributed by atoms with Crippen molar-refractivity contribution in [2.75, 3.05) is 10.8 Å². The van der Waals surface area contributed by atoms with Gasteiger partial charge in [0.2, 0.25) is 0 Å². The molecule has 6 rings (SSSR count). The van der Waals surface area contributed by atoms with E-state index in [1.54, 1.807) is 17.5 Å². The molecule has 4 N–H and O–H groups in total. The maximum absolute atomic E-state index is 5.92. The number of aromatic nitrogens is 2. The van der Waals surface area contributed by atoms with E-state index in [4.69, 9.17) is 11.3 Å². The molecular weight excluding hydrogens is 494 g/mol. The van der Waals surface area contributed by atoms with Crippen molar-refractivity contribution in [3.8, 4) is 12.3 Å². The van der Waals surface area contributed by atoms with Crippen LogP contribution in [0.25, 0.3) is 21.1 Å². The van der Waals surface area contributed by atoms with Gasteiger partial charge in [0.25, 0.3) is 0 Å². The summed E-state index contributed by atoms with van der Waals surface area (Å²) in [5.41, 5.74) is 18.8. The van der Waals surface area contributed by atoms with Gasteiger partial charge in [0.05, 0.1) is 49.8 Å². The standard InChI is InChI=1S/C29H31N7OS/c1-6-18-14-30-25-17(2)12-19(13-22(25)26(18)34-37-29(3,4)5)32-27(24-15-36(35-33-24)20-10-11-20)21-8-7-9-23-28(21)38-16-31-23/h1,7-9,12-16,20,27,32-33,35H,10-11H2,2-5H3,(H,30,34)/t27-/m0/s1. The summed E-state index contributed by atoms with van der Waals surface area (Å²) in [6, 6.07) is 10.9. The van der Waals surface area contributed by atoms with Crippen LogP contribution in [0.2, 0.25) is 0 Å². The fourth-order valence-electron chi connectivity index (χ4n) is 4.65. The number of fused-ring (bicyclic) bond motifs is 2. The van der Waals surface area contributed by atoms with Gasteiger partial charge in [0.15, 0.2) is 0 Å². The zero-order valence-corrected chi connectivity index (χ0v) is 22.7. The van der Waals surface area contributed by atoms with Gasteiger partial charge in [-0.3, -0.25) is 20.3 Å². The first kappa shape index (κ1) is 24.5. The van der Waals surface area contributed by atoms with E-state index in [1.807, 2.05) is 26.3 Å². The first-order valence-electron chi connectivity index (χ1n) is 12.7. The second-order valence-electron chi connectivity index (χ2n) is 10.8. The summed E-state index contributed by atoms with van der Waals surface area (Å²) in [6.45, 7) is 8.03. The number of thiazole rings is 1. The minimum absolute atomic E-state index is 0.141. The predicted octanol–water partition coefficient (Wildman–Crippen LogP) is 5.76. The Hall–Kier alpha value is -3.84. The van der Waals surface area contributed by atoms with Crippen LogP contribution in [-0.4, -0.2) is 26.6 Å². The largest absolute Gasteiger partial charge is 0.373 e. The van der Waals surface area contributed by atoms with Gasteiger partial charge in [0, 0.05) is 29.5 Å². The molecule has 194 valence electrons. The fourth-order valence-corrected chi connectivity index (χ4v) is 5.49. The molecule has 0 radical (unpaired) electrons. The van der Waals surface area contributed by atoms with Crippen LogP contribution in [0.15, 0.2) is 53.9 Å². The number of hydrogen-bond donors (Lipinski definition) is 4. The zero-order chi connectivity index (χ0) is 26.4. The number of rotatable bonds is 7. The van der Waals surface area contributed by atoms with Gasteiger partial charge < -0.3 is 10.7 Å². The summed E-state index contributed by atoms with van der Waals surface area (Å²) in [4.78, 5) is 15.1.